The van der Waals surface area contributed by atoms with Crippen LogP contribution in [0.3, 0.4) is 0 Å². The Labute approximate surface area is 179 Å². The maximum atomic E-state index is 12.9. The number of hydrogen-bond acceptors (Lipinski definition) is 5. The topological polar surface area (TPSA) is 60.7 Å². The molecule has 0 radical (unpaired) electrons. The summed E-state index contributed by atoms with van der Waals surface area (Å²) in [5.41, 5.74) is 2.62. The number of halogens is 1. The molecular weight excluding hydrogens is 420 g/mol. The van der Waals surface area contributed by atoms with E-state index in [-0.39, 0.29) is 5.56 Å². The highest BCUT2D eigenvalue weighted by Crippen LogP contribution is 2.18. The van der Waals surface area contributed by atoms with E-state index in [9.17, 15) is 9.59 Å². The van der Waals surface area contributed by atoms with Gasteiger partial charge in [-0.25, -0.2) is 14.2 Å². The molecule has 0 aliphatic carbocycles. The molecule has 0 unspecified atom stereocenters. The van der Waals surface area contributed by atoms with Crippen LogP contribution in [0, 0.1) is 0 Å². The lowest BCUT2D eigenvalue weighted by molar-refractivity contribution is 0.0735. The van der Waals surface area contributed by atoms with Crippen LogP contribution in [-0.2, 0) is 0 Å². The summed E-state index contributed by atoms with van der Waals surface area (Å²) in [7, 11) is 0. The van der Waals surface area contributed by atoms with Crippen molar-refractivity contribution in [3.8, 4) is 5.75 Å². The van der Waals surface area contributed by atoms with Crippen molar-refractivity contribution >= 4 is 51.0 Å². The molecule has 5 nitrogen and oxygen atoms in total. The molecule has 2 heterocycles. The van der Waals surface area contributed by atoms with Gasteiger partial charge in [0.1, 0.15) is 5.75 Å². The first-order valence-corrected chi connectivity index (χ1v) is 10.3. The van der Waals surface area contributed by atoms with Crippen LogP contribution in [0.25, 0.3) is 22.1 Å². The first-order chi connectivity index (χ1) is 14.6. The maximum absolute atomic E-state index is 12.9. The zero-order valence-electron chi connectivity index (χ0n) is 15.4. The summed E-state index contributed by atoms with van der Waals surface area (Å²) < 4.78 is 7.64. The van der Waals surface area contributed by atoms with E-state index in [0.29, 0.717) is 25.8 Å². The third-order valence-electron chi connectivity index (χ3n) is 4.59. The number of carbonyl (C=O) groups is 1. The van der Waals surface area contributed by atoms with Crippen LogP contribution in [-0.4, -0.2) is 15.4 Å². The van der Waals surface area contributed by atoms with E-state index in [1.54, 1.807) is 52.9 Å². The fourth-order valence-electron chi connectivity index (χ4n) is 3.18. The van der Waals surface area contributed by atoms with Gasteiger partial charge >= 0.3 is 5.97 Å². The number of ether oxygens (including phenoxy) is 1. The van der Waals surface area contributed by atoms with Gasteiger partial charge in [-0.05, 0) is 60.2 Å². The second kappa shape index (κ2) is 7.40. The predicted octanol–water partition coefficient (Wildman–Crippen LogP) is 4.33. The number of carbonyl (C=O) groups excluding carboxylic acids is 1. The summed E-state index contributed by atoms with van der Waals surface area (Å²) in [6.07, 6.45) is 1.77. The number of hydrogen-bond donors (Lipinski definition) is 0. The highest BCUT2D eigenvalue weighted by atomic mass is 35.5. The molecule has 30 heavy (non-hydrogen) atoms. The molecule has 3 aromatic carbocycles. The van der Waals surface area contributed by atoms with Gasteiger partial charge < -0.3 is 4.74 Å². The molecule has 0 saturated carbocycles. The molecule has 7 heteroatoms. The number of nitrogens with zero attached hydrogens (tertiary/aromatic N) is 2. The molecule has 0 bridgehead atoms. The van der Waals surface area contributed by atoms with Crippen LogP contribution in [0.2, 0.25) is 5.02 Å². The normalized spacial score (nSPS) is 12.0. The van der Waals surface area contributed by atoms with Gasteiger partial charge in [0.2, 0.25) is 0 Å². The zero-order valence-corrected chi connectivity index (χ0v) is 17.0. The number of esters is 1. The Morgan fingerprint density at radius 3 is 2.67 bits per heavy atom. The summed E-state index contributed by atoms with van der Waals surface area (Å²) >= 11 is 7.18. The number of thiazole rings is 1. The van der Waals surface area contributed by atoms with Crippen molar-refractivity contribution in [1.29, 1.82) is 0 Å². The molecule has 0 aliphatic heterocycles. The fraction of sp³-hybridized carbons (Fsp3) is 0. The number of imidazole rings is 1. The van der Waals surface area contributed by atoms with Crippen molar-refractivity contribution in [2.75, 3.05) is 0 Å². The number of para-hydroxylation sites is 2. The van der Waals surface area contributed by atoms with Gasteiger partial charge in [-0.15, -0.1) is 0 Å². The van der Waals surface area contributed by atoms with Gasteiger partial charge in [-0.1, -0.05) is 47.2 Å². The molecule has 0 aliphatic rings. The van der Waals surface area contributed by atoms with E-state index in [1.165, 1.54) is 11.3 Å². The minimum absolute atomic E-state index is 0.118. The van der Waals surface area contributed by atoms with Gasteiger partial charge in [0.15, 0.2) is 4.96 Å². The van der Waals surface area contributed by atoms with Crippen LogP contribution in [0.4, 0.5) is 0 Å². The molecule has 0 fully saturated rings. The summed E-state index contributed by atoms with van der Waals surface area (Å²) in [4.78, 5) is 30.4. The molecule has 5 aromatic rings. The van der Waals surface area contributed by atoms with Crippen LogP contribution in [0.5, 0.6) is 5.75 Å². The minimum atomic E-state index is -0.477. The molecule has 0 N–H and O–H groups in total. The maximum Gasteiger partial charge on any atom is 0.343 e. The number of rotatable bonds is 3. The quantitative estimate of drug-likeness (QED) is 0.314. The van der Waals surface area contributed by atoms with Gasteiger partial charge in [-0.2, -0.15) is 0 Å². The predicted molar refractivity (Wildman–Crippen MR) is 118 cm³/mol. The molecule has 0 atom stereocenters. The number of aromatic nitrogens is 2. The van der Waals surface area contributed by atoms with Crippen LogP contribution < -0.4 is 14.8 Å². The SMILES string of the molecule is O=C(Oc1cccc(C=c2sc3nc4ccccc4n3c2=O)c1)c1ccc(Cl)cc1. The highest BCUT2D eigenvalue weighted by molar-refractivity contribution is 7.15. The smallest absolute Gasteiger partial charge is 0.343 e. The summed E-state index contributed by atoms with van der Waals surface area (Å²) in [5, 5.41) is 0.548. The minimum Gasteiger partial charge on any atom is -0.423 e. The van der Waals surface area contributed by atoms with E-state index in [2.05, 4.69) is 4.98 Å². The largest absolute Gasteiger partial charge is 0.423 e. The van der Waals surface area contributed by atoms with E-state index in [4.69, 9.17) is 16.3 Å². The van der Waals surface area contributed by atoms with Crippen molar-refractivity contribution in [1.82, 2.24) is 9.38 Å². The monoisotopic (exact) mass is 432 g/mol. The number of fused-ring (bicyclic) bond motifs is 3. The van der Waals surface area contributed by atoms with E-state index >= 15 is 0 Å². The Bertz CT molecular complexity index is 1520. The Hall–Kier alpha value is -3.48. The second-order valence-corrected chi connectivity index (χ2v) is 8.05. The molecule has 0 saturated heterocycles. The molecule has 146 valence electrons. The lowest BCUT2D eigenvalue weighted by Crippen LogP contribution is -2.22. The van der Waals surface area contributed by atoms with Crippen LogP contribution in [0.15, 0.2) is 77.6 Å². The van der Waals surface area contributed by atoms with Crippen molar-refractivity contribution in [3.63, 3.8) is 0 Å². The van der Waals surface area contributed by atoms with Crippen molar-refractivity contribution in [2.45, 2.75) is 0 Å². The average molecular weight is 433 g/mol. The second-order valence-electron chi connectivity index (χ2n) is 6.60. The molecule has 2 aromatic heterocycles. The van der Waals surface area contributed by atoms with Crippen LogP contribution >= 0.6 is 22.9 Å². The van der Waals surface area contributed by atoms with Gasteiger partial charge in [-0.3, -0.25) is 4.79 Å². The third kappa shape index (κ3) is 3.36. The zero-order chi connectivity index (χ0) is 20.7. The Morgan fingerprint density at radius 1 is 1.03 bits per heavy atom. The van der Waals surface area contributed by atoms with Crippen molar-refractivity contribution < 1.29 is 9.53 Å². The lowest BCUT2D eigenvalue weighted by atomic mass is 10.2. The first-order valence-electron chi connectivity index (χ1n) is 9.08. The number of benzene rings is 3. The molecule has 0 amide bonds. The van der Waals surface area contributed by atoms with Gasteiger partial charge in [0.25, 0.3) is 5.56 Å². The third-order valence-corrected chi connectivity index (χ3v) is 5.81. The van der Waals surface area contributed by atoms with Crippen molar-refractivity contribution in [3.05, 3.63) is 104 Å². The van der Waals surface area contributed by atoms with E-state index < -0.39 is 5.97 Å². The molecule has 0 spiro atoms. The van der Waals surface area contributed by atoms with Crippen molar-refractivity contribution in [2.24, 2.45) is 0 Å². The van der Waals surface area contributed by atoms with E-state index in [1.807, 2.05) is 30.3 Å². The summed E-state index contributed by atoms with van der Waals surface area (Å²) in [6.45, 7) is 0. The average Bonchev–Trinajstić information content (AvgIpc) is 3.25. The lowest BCUT2D eigenvalue weighted by Gasteiger charge is -2.05. The van der Waals surface area contributed by atoms with Crippen LogP contribution in [0.1, 0.15) is 15.9 Å². The highest BCUT2D eigenvalue weighted by Gasteiger charge is 2.11. The Morgan fingerprint density at radius 2 is 1.83 bits per heavy atom. The van der Waals surface area contributed by atoms with Gasteiger partial charge in [0.05, 0.1) is 21.1 Å². The van der Waals surface area contributed by atoms with E-state index in [0.717, 1.165) is 16.6 Å². The molecular formula is C23H13ClN2O3S. The van der Waals surface area contributed by atoms with Gasteiger partial charge in [0, 0.05) is 5.02 Å². The fourth-order valence-corrected chi connectivity index (χ4v) is 4.30. The Kier molecular flexibility index (Phi) is 4.58. The summed E-state index contributed by atoms with van der Waals surface area (Å²) in [5.74, 6) is -0.0858. The first kappa shape index (κ1) is 18.5. The summed E-state index contributed by atoms with van der Waals surface area (Å²) in [6, 6.07) is 21.1. The Balaban J connectivity index is 1.49. The standard InChI is InChI=1S/C23H13ClN2O3S/c24-16-10-8-15(9-11-16)22(28)29-17-5-3-4-14(12-17)13-20-21(27)26-19-7-2-1-6-18(19)25-23(26)30-20/h1-13H. The molecule has 5 rings (SSSR count).